The number of benzene rings is 1. The van der Waals surface area contributed by atoms with Gasteiger partial charge in [0.15, 0.2) is 0 Å². The Morgan fingerprint density at radius 2 is 2.23 bits per heavy atom. The fourth-order valence-electron chi connectivity index (χ4n) is 3.00. The Morgan fingerprint density at radius 1 is 1.31 bits per heavy atom. The highest BCUT2D eigenvalue weighted by molar-refractivity contribution is 7.13. The standard InChI is InChI=1S/C19H17ClN4OS/c20-14-3-4-16-13(8-14)9-17(18-2-1-7-26-18)24(16)11-19(25)22-6-5-15-10-21-12-23-15/h1-4,7-10,12H,5-6,11H2,(H,21,23)(H,22,25). The van der Waals surface area contributed by atoms with Gasteiger partial charge in [0.05, 0.1) is 16.9 Å². The number of halogens is 1. The highest BCUT2D eigenvalue weighted by Crippen LogP contribution is 2.32. The summed E-state index contributed by atoms with van der Waals surface area (Å²) in [6, 6.07) is 11.9. The highest BCUT2D eigenvalue weighted by atomic mass is 35.5. The van der Waals surface area contributed by atoms with E-state index in [0.29, 0.717) is 11.6 Å². The van der Waals surface area contributed by atoms with Gasteiger partial charge in [-0.1, -0.05) is 17.7 Å². The molecule has 5 nitrogen and oxygen atoms in total. The molecule has 4 rings (SSSR count). The van der Waals surface area contributed by atoms with Gasteiger partial charge in [0.1, 0.15) is 6.54 Å². The normalized spacial score (nSPS) is 11.1. The lowest BCUT2D eigenvalue weighted by atomic mass is 10.2. The average Bonchev–Trinajstić information content (AvgIpc) is 3.35. The monoisotopic (exact) mass is 384 g/mol. The van der Waals surface area contributed by atoms with E-state index in [1.807, 2.05) is 34.2 Å². The van der Waals surface area contributed by atoms with Crippen LogP contribution in [0.3, 0.4) is 0 Å². The number of fused-ring (bicyclic) bond motifs is 1. The molecule has 0 unspecified atom stereocenters. The van der Waals surface area contributed by atoms with Crippen molar-refractivity contribution in [1.82, 2.24) is 19.9 Å². The van der Waals surface area contributed by atoms with Crippen LogP contribution < -0.4 is 5.32 Å². The van der Waals surface area contributed by atoms with Crippen LogP contribution in [-0.4, -0.2) is 27.0 Å². The summed E-state index contributed by atoms with van der Waals surface area (Å²) in [6.45, 7) is 0.835. The van der Waals surface area contributed by atoms with E-state index < -0.39 is 0 Å². The number of aromatic amines is 1. The van der Waals surface area contributed by atoms with Crippen LogP contribution in [0.25, 0.3) is 21.5 Å². The number of carbonyl (C=O) groups excluding carboxylic acids is 1. The Balaban J connectivity index is 1.56. The zero-order chi connectivity index (χ0) is 17.9. The molecule has 0 fully saturated rings. The number of rotatable bonds is 6. The molecular weight excluding hydrogens is 368 g/mol. The summed E-state index contributed by atoms with van der Waals surface area (Å²) in [5, 5.41) is 6.74. The van der Waals surface area contributed by atoms with Gasteiger partial charge >= 0.3 is 0 Å². The Bertz CT molecular complexity index is 1020. The summed E-state index contributed by atoms with van der Waals surface area (Å²) >= 11 is 7.79. The molecule has 0 spiro atoms. The van der Waals surface area contributed by atoms with Gasteiger partial charge in [-0.15, -0.1) is 11.3 Å². The minimum atomic E-state index is -0.0187. The second kappa shape index (κ2) is 7.35. The largest absolute Gasteiger partial charge is 0.354 e. The quantitative estimate of drug-likeness (QED) is 0.525. The molecule has 0 bridgehead atoms. The number of nitrogens with zero attached hydrogens (tertiary/aromatic N) is 2. The smallest absolute Gasteiger partial charge is 0.239 e. The minimum absolute atomic E-state index is 0.0187. The number of aromatic nitrogens is 3. The predicted molar refractivity (Wildman–Crippen MR) is 106 cm³/mol. The molecule has 0 radical (unpaired) electrons. The summed E-state index contributed by atoms with van der Waals surface area (Å²) in [5.74, 6) is -0.0187. The molecule has 0 saturated heterocycles. The Kier molecular flexibility index (Phi) is 4.77. The van der Waals surface area contributed by atoms with Crippen LogP contribution in [0, 0.1) is 0 Å². The molecule has 0 aliphatic heterocycles. The maximum absolute atomic E-state index is 12.5. The van der Waals surface area contributed by atoms with Crippen LogP contribution in [0.15, 0.2) is 54.3 Å². The topological polar surface area (TPSA) is 62.7 Å². The first kappa shape index (κ1) is 16.9. The fraction of sp³-hybridized carbons (Fsp3) is 0.158. The SMILES string of the molecule is O=C(Cn1c(-c2cccs2)cc2cc(Cl)ccc21)NCCc1cnc[nH]1. The summed E-state index contributed by atoms with van der Waals surface area (Å²) < 4.78 is 2.04. The Hall–Kier alpha value is -2.57. The molecule has 7 heteroatoms. The summed E-state index contributed by atoms with van der Waals surface area (Å²) in [6.07, 6.45) is 4.14. The fourth-order valence-corrected chi connectivity index (χ4v) is 3.93. The van der Waals surface area contributed by atoms with Crippen LogP contribution in [0.5, 0.6) is 0 Å². The van der Waals surface area contributed by atoms with E-state index in [1.165, 1.54) is 0 Å². The van der Waals surface area contributed by atoms with E-state index in [9.17, 15) is 4.79 Å². The van der Waals surface area contributed by atoms with E-state index in [1.54, 1.807) is 23.9 Å². The van der Waals surface area contributed by atoms with E-state index >= 15 is 0 Å². The number of hydrogen-bond acceptors (Lipinski definition) is 3. The molecule has 132 valence electrons. The van der Waals surface area contributed by atoms with Crippen LogP contribution in [-0.2, 0) is 17.8 Å². The molecule has 0 aliphatic rings. The molecule has 1 amide bonds. The molecule has 3 heterocycles. The van der Waals surface area contributed by atoms with Crippen LogP contribution in [0.2, 0.25) is 5.02 Å². The van der Waals surface area contributed by atoms with Crippen LogP contribution in [0.1, 0.15) is 5.69 Å². The predicted octanol–water partition coefficient (Wildman–Crippen LogP) is 4.11. The van der Waals surface area contributed by atoms with Crippen molar-refractivity contribution >= 4 is 39.7 Å². The third kappa shape index (κ3) is 3.52. The van der Waals surface area contributed by atoms with Crippen molar-refractivity contribution in [1.29, 1.82) is 0 Å². The second-order valence-corrected chi connectivity index (χ2v) is 7.36. The minimum Gasteiger partial charge on any atom is -0.354 e. The summed E-state index contributed by atoms with van der Waals surface area (Å²) in [5.41, 5.74) is 3.04. The zero-order valence-corrected chi connectivity index (χ0v) is 15.5. The Morgan fingerprint density at radius 3 is 3.00 bits per heavy atom. The second-order valence-electron chi connectivity index (χ2n) is 5.97. The third-order valence-corrected chi connectivity index (χ3v) is 5.34. The van der Waals surface area contributed by atoms with Gasteiger partial charge in [0.25, 0.3) is 0 Å². The first-order valence-corrected chi connectivity index (χ1v) is 9.53. The van der Waals surface area contributed by atoms with Gasteiger partial charge in [-0.25, -0.2) is 4.98 Å². The van der Waals surface area contributed by atoms with Crippen LogP contribution in [0.4, 0.5) is 0 Å². The molecule has 2 N–H and O–H groups in total. The number of H-pyrrole nitrogens is 1. The first-order chi connectivity index (χ1) is 12.7. The van der Waals surface area contributed by atoms with Crippen molar-refractivity contribution in [2.75, 3.05) is 6.54 Å². The first-order valence-electron chi connectivity index (χ1n) is 8.27. The third-order valence-electron chi connectivity index (χ3n) is 4.21. The lowest BCUT2D eigenvalue weighted by Crippen LogP contribution is -2.29. The Labute approximate surface area is 159 Å². The van der Waals surface area contributed by atoms with Gasteiger partial charge in [-0.2, -0.15) is 0 Å². The zero-order valence-electron chi connectivity index (χ0n) is 13.9. The van der Waals surface area contributed by atoms with Crippen molar-refractivity contribution < 1.29 is 4.79 Å². The van der Waals surface area contributed by atoms with Crippen molar-refractivity contribution in [3.8, 4) is 10.6 Å². The maximum atomic E-state index is 12.5. The van der Waals surface area contributed by atoms with Crippen molar-refractivity contribution in [2.45, 2.75) is 13.0 Å². The number of hydrogen-bond donors (Lipinski definition) is 2. The van der Waals surface area contributed by atoms with Gasteiger partial charge in [-0.05, 0) is 35.7 Å². The average molecular weight is 385 g/mol. The van der Waals surface area contributed by atoms with Gasteiger partial charge in [0, 0.05) is 40.8 Å². The number of amides is 1. The molecule has 0 atom stereocenters. The molecule has 0 aliphatic carbocycles. The number of thiophene rings is 1. The molecule has 0 saturated carbocycles. The van der Waals surface area contributed by atoms with E-state index in [2.05, 4.69) is 27.4 Å². The van der Waals surface area contributed by atoms with Gasteiger partial charge < -0.3 is 14.9 Å². The molecule has 4 aromatic rings. The van der Waals surface area contributed by atoms with Crippen molar-refractivity contribution in [3.05, 3.63) is 65.0 Å². The molecular formula is C19H17ClN4OS. The van der Waals surface area contributed by atoms with Gasteiger partial charge in [0.2, 0.25) is 5.91 Å². The number of imidazole rings is 1. The van der Waals surface area contributed by atoms with Crippen LogP contribution >= 0.6 is 22.9 Å². The lowest BCUT2D eigenvalue weighted by Gasteiger charge is -2.10. The number of carbonyl (C=O) groups is 1. The van der Waals surface area contributed by atoms with Crippen molar-refractivity contribution in [2.24, 2.45) is 0 Å². The van der Waals surface area contributed by atoms with E-state index in [4.69, 9.17) is 11.6 Å². The lowest BCUT2D eigenvalue weighted by molar-refractivity contribution is -0.121. The molecule has 3 aromatic heterocycles. The summed E-state index contributed by atoms with van der Waals surface area (Å²) in [7, 11) is 0. The van der Waals surface area contributed by atoms with E-state index in [0.717, 1.165) is 33.6 Å². The van der Waals surface area contributed by atoms with Crippen molar-refractivity contribution in [3.63, 3.8) is 0 Å². The van der Waals surface area contributed by atoms with Gasteiger partial charge in [-0.3, -0.25) is 4.79 Å². The summed E-state index contributed by atoms with van der Waals surface area (Å²) in [4.78, 5) is 20.6. The van der Waals surface area contributed by atoms with E-state index in [-0.39, 0.29) is 12.5 Å². The molecule has 1 aromatic carbocycles. The maximum Gasteiger partial charge on any atom is 0.239 e. The highest BCUT2D eigenvalue weighted by Gasteiger charge is 2.14. The number of nitrogens with one attached hydrogen (secondary N) is 2. The molecule has 26 heavy (non-hydrogen) atoms.